The molecule has 4 heteroatoms. The lowest BCUT2D eigenvalue weighted by molar-refractivity contribution is -0.123. The summed E-state index contributed by atoms with van der Waals surface area (Å²) in [6, 6.07) is 18.6. The number of hydrogen-bond acceptors (Lipinski definition) is 3. The van der Waals surface area contributed by atoms with Crippen LogP contribution in [0, 0.1) is 0 Å². The van der Waals surface area contributed by atoms with Crippen molar-refractivity contribution in [2.75, 3.05) is 0 Å². The van der Waals surface area contributed by atoms with Gasteiger partial charge in [-0.05, 0) is 17.2 Å². The Morgan fingerprint density at radius 2 is 1.52 bits per heavy atom. The molecule has 0 aliphatic carbocycles. The van der Waals surface area contributed by atoms with Crippen molar-refractivity contribution in [1.29, 1.82) is 0 Å². The lowest BCUT2D eigenvalue weighted by Gasteiger charge is -2.09. The van der Waals surface area contributed by atoms with Crippen LogP contribution in [0.4, 0.5) is 4.79 Å². The second-order valence-corrected chi connectivity index (χ2v) is 4.66. The summed E-state index contributed by atoms with van der Waals surface area (Å²) in [5.41, 5.74) is 1.69. The second-order valence-electron chi connectivity index (χ2n) is 4.66. The van der Waals surface area contributed by atoms with Crippen LogP contribution in [0.3, 0.4) is 0 Å². The van der Waals surface area contributed by atoms with E-state index in [9.17, 15) is 9.59 Å². The fourth-order valence-corrected chi connectivity index (χ4v) is 2.10. The van der Waals surface area contributed by atoms with Gasteiger partial charge in [-0.3, -0.25) is 4.79 Å². The zero-order valence-electron chi connectivity index (χ0n) is 11.2. The maximum Gasteiger partial charge on any atom is 0.422 e. The molecule has 0 unspecified atom stereocenters. The van der Waals surface area contributed by atoms with E-state index < -0.39 is 12.0 Å². The minimum absolute atomic E-state index is 0.0575. The SMILES string of the molecule is O=C1OC(=Cc2ccccc2)C(=O)N1Cc1ccccc1. The Labute approximate surface area is 122 Å². The van der Waals surface area contributed by atoms with Crippen LogP contribution in [0.1, 0.15) is 11.1 Å². The molecular formula is C17H13NO3. The normalized spacial score (nSPS) is 16.4. The van der Waals surface area contributed by atoms with E-state index in [0.29, 0.717) is 0 Å². The summed E-state index contributed by atoms with van der Waals surface area (Å²) in [7, 11) is 0. The zero-order chi connectivity index (χ0) is 14.7. The summed E-state index contributed by atoms with van der Waals surface area (Å²) in [4.78, 5) is 25.2. The highest BCUT2D eigenvalue weighted by Gasteiger charge is 2.36. The van der Waals surface area contributed by atoms with Crippen LogP contribution in [0.25, 0.3) is 6.08 Å². The molecule has 1 aliphatic heterocycles. The highest BCUT2D eigenvalue weighted by molar-refractivity contribution is 6.09. The molecule has 1 fully saturated rings. The fraction of sp³-hybridized carbons (Fsp3) is 0.0588. The smallest absolute Gasteiger partial charge is 0.404 e. The van der Waals surface area contributed by atoms with Gasteiger partial charge in [0.15, 0.2) is 5.76 Å². The van der Waals surface area contributed by atoms with Crippen LogP contribution in [0.2, 0.25) is 0 Å². The summed E-state index contributed by atoms with van der Waals surface area (Å²) in [5, 5.41) is 0. The molecule has 0 bridgehead atoms. The molecule has 21 heavy (non-hydrogen) atoms. The van der Waals surface area contributed by atoms with E-state index in [-0.39, 0.29) is 12.3 Å². The standard InChI is InChI=1S/C17H13NO3/c19-16-15(11-13-7-3-1-4-8-13)21-17(20)18(16)12-14-9-5-2-6-10-14/h1-11H,12H2. The van der Waals surface area contributed by atoms with Gasteiger partial charge in [-0.15, -0.1) is 0 Å². The van der Waals surface area contributed by atoms with Crippen molar-refractivity contribution < 1.29 is 14.3 Å². The molecule has 0 saturated carbocycles. The maximum atomic E-state index is 12.2. The highest BCUT2D eigenvalue weighted by atomic mass is 16.6. The Balaban J connectivity index is 1.81. The quantitative estimate of drug-likeness (QED) is 0.810. The molecule has 104 valence electrons. The Kier molecular flexibility index (Phi) is 3.51. The molecule has 1 aliphatic rings. The van der Waals surface area contributed by atoms with E-state index in [1.807, 2.05) is 60.7 Å². The number of carbonyl (C=O) groups is 2. The molecule has 0 aromatic heterocycles. The molecular weight excluding hydrogens is 266 g/mol. The maximum absolute atomic E-state index is 12.2. The third-order valence-electron chi connectivity index (χ3n) is 3.15. The predicted molar refractivity (Wildman–Crippen MR) is 77.9 cm³/mol. The highest BCUT2D eigenvalue weighted by Crippen LogP contribution is 2.21. The van der Waals surface area contributed by atoms with Crippen molar-refractivity contribution in [3.05, 3.63) is 77.5 Å². The number of carbonyl (C=O) groups excluding carboxylic acids is 2. The Bertz CT molecular complexity index is 692. The minimum Gasteiger partial charge on any atom is -0.404 e. The van der Waals surface area contributed by atoms with Crippen LogP contribution >= 0.6 is 0 Å². The molecule has 0 N–H and O–H groups in total. The molecule has 3 rings (SSSR count). The number of benzene rings is 2. The molecule has 1 saturated heterocycles. The Morgan fingerprint density at radius 1 is 0.905 bits per heavy atom. The zero-order valence-corrected chi connectivity index (χ0v) is 11.2. The molecule has 0 radical (unpaired) electrons. The summed E-state index contributed by atoms with van der Waals surface area (Å²) in [6.07, 6.45) is 0.941. The lowest BCUT2D eigenvalue weighted by atomic mass is 10.2. The van der Waals surface area contributed by atoms with E-state index >= 15 is 0 Å². The number of cyclic esters (lactones) is 1. The lowest BCUT2D eigenvalue weighted by Crippen LogP contribution is -2.28. The van der Waals surface area contributed by atoms with Crippen LogP contribution in [-0.4, -0.2) is 16.9 Å². The predicted octanol–water partition coefficient (Wildman–Crippen LogP) is 3.21. The van der Waals surface area contributed by atoms with Gasteiger partial charge in [0.1, 0.15) is 0 Å². The first kappa shape index (κ1) is 13.1. The number of rotatable bonds is 3. The monoisotopic (exact) mass is 279 g/mol. The summed E-state index contributed by atoms with van der Waals surface area (Å²) >= 11 is 0. The van der Waals surface area contributed by atoms with E-state index in [2.05, 4.69) is 0 Å². The molecule has 0 atom stereocenters. The number of imide groups is 1. The fourth-order valence-electron chi connectivity index (χ4n) is 2.10. The van der Waals surface area contributed by atoms with E-state index in [1.165, 1.54) is 0 Å². The Morgan fingerprint density at radius 3 is 2.19 bits per heavy atom. The van der Waals surface area contributed by atoms with Gasteiger partial charge >= 0.3 is 6.09 Å². The van der Waals surface area contributed by atoms with Crippen molar-refractivity contribution in [3.8, 4) is 0 Å². The van der Waals surface area contributed by atoms with E-state index in [0.717, 1.165) is 16.0 Å². The van der Waals surface area contributed by atoms with Gasteiger partial charge in [-0.1, -0.05) is 60.7 Å². The summed E-state index contributed by atoms with van der Waals surface area (Å²) < 4.78 is 5.06. The first-order valence-corrected chi connectivity index (χ1v) is 6.58. The molecule has 0 spiro atoms. The molecule has 1 heterocycles. The van der Waals surface area contributed by atoms with Gasteiger partial charge in [0, 0.05) is 0 Å². The third kappa shape index (κ3) is 2.84. The molecule has 2 amide bonds. The average Bonchev–Trinajstić information content (AvgIpc) is 2.77. The van der Waals surface area contributed by atoms with Gasteiger partial charge in [0.05, 0.1) is 6.54 Å². The second kappa shape index (κ2) is 5.63. The Hall–Kier alpha value is -2.88. The van der Waals surface area contributed by atoms with Crippen molar-refractivity contribution in [2.45, 2.75) is 6.54 Å². The number of hydrogen-bond donors (Lipinski definition) is 0. The van der Waals surface area contributed by atoms with Crippen molar-refractivity contribution >= 4 is 18.1 Å². The topological polar surface area (TPSA) is 46.6 Å². The van der Waals surface area contributed by atoms with Gasteiger partial charge in [-0.2, -0.15) is 0 Å². The van der Waals surface area contributed by atoms with Crippen LogP contribution < -0.4 is 0 Å². The minimum atomic E-state index is -0.633. The van der Waals surface area contributed by atoms with Crippen LogP contribution in [0.5, 0.6) is 0 Å². The average molecular weight is 279 g/mol. The van der Waals surface area contributed by atoms with Crippen LogP contribution in [0.15, 0.2) is 66.4 Å². The first-order valence-electron chi connectivity index (χ1n) is 6.58. The number of ether oxygens (including phenoxy) is 1. The van der Waals surface area contributed by atoms with Gasteiger partial charge in [0.25, 0.3) is 5.91 Å². The van der Waals surface area contributed by atoms with Crippen molar-refractivity contribution in [1.82, 2.24) is 4.90 Å². The molecule has 2 aromatic rings. The van der Waals surface area contributed by atoms with Gasteiger partial charge < -0.3 is 4.74 Å². The van der Waals surface area contributed by atoms with Crippen LogP contribution in [-0.2, 0) is 16.1 Å². The molecule has 4 nitrogen and oxygen atoms in total. The van der Waals surface area contributed by atoms with E-state index in [4.69, 9.17) is 4.74 Å². The summed E-state index contributed by atoms with van der Waals surface area (Å²) in [5.74, 6) is -0.352. The number of amides is 2. The summed E-state index contributed by atoms with van der Waals surface area (Å²) in [6.45, 7) is 0.213. The third-order valence-corrected chi connectivity index (χ3v) is 3.15. The van der Waals surface area contributed by atoms with Crippen molar-refractivity contribution in [2.24, 2.45) is 0 Å². The van der Waals surface area contributed by atoms with Gasteiger partial charge in [0.2, 0.25) is 0 Å². The number of nitrogens with zero attached hydrogens (tertiary/aromatic N) is 1. The van der Waals surface area contributed by atoms with Crippen molar-refractivity contribution in [3.63, 3.8) is 0 Å². The molecule has 2 aromatic carbocycles. The first-order chi connectivity index (χ1) is 10.2. The van der Waals surface area contributed by atoms with E-state index in [1.54, 1.807) is 6.08 Å². The largest absolute Gasteiger partial charge is 0.422 e. The van der Waals surface area contributed by atoms with Gasteiger partial charge in [-0.25, -0.2) is 9.69 Å².